The lowest BCUT2D eigenvalue weighted by Crippen LogP contribution is -2.28. The lowest BCUT2D eigenvalue weighted by Gasteiger charge is -2.30. The highest BCUT2D eigenvalue weighted by atomic mass is 15.0. The van der Waals surface area contributed by atoms with E-state index in [-0.39, 0.29) is 0 Å². The molecule has 2 atom stereocenters. The van der Waals surface area contributed by atoms with Gasteiger partial charge >= 0.3 is 0 Å². The average molecular weight is 272 g/mol. The third-order valence-electron chi connectivity index (χ3n) is 4.80. The van der Waals surface area contributed by atoms with E-state index in [4.69, 9.17) is 0 Å². The van der Waals surface area contributed by atoms with Crippen molar-refractivity contribution in [1.82, 2.24) is 4.90 Å². The first kappa shape index (κ1) is 13.9. The van der Waals surface area contributed by atoms with Gasteiger partial charge in [0, 0.05) is 18.3 Å². The molecular formula is C18H28N2. The zero-order chi connectivity index (χ0) is 13.9. The monoisotopic (exact) mass is 272 g/mol. The van der Waals surface area contributed by atoms with Gasteiger partial charge in [0.1, 0.15) is 0 Å². The maximum absolute atomic E-state index is 3.79. The van der Waals surface area contributed by atoms with Gasteiger partial charge in [0.15, 0.2) is 0 Å². The predicted octanol–water partition coefficient (Wildman–Crippen LogP) is 4.13. The standard InChI is InChI=1S/C18H28N2/c1-20(2)13-14-5-3-7-17(11-14)19-18-8-4-6-16(12-18)15-9-10-15/h3,5,7,11,15-16,18-19H,4,6,8-10,12-13H2,1-2H3. The van der Waals surface area contributed by atoms with Crippen LogP contribution in [0.1, 0.15) is 44.1 Å². The van der Waals surface area contributed by atoms with Crippen molar-refractivity contribution in [3.63, 3.8) is 0 Å². The molecule has 0 heterocycles. The summed E-state index contributed by atoms with van der Waals surface area (Å²) in [5.74, 6) is 2.07. The Morgan fingerprint density at radius 1 is 1.10 bits per heavy atom. The summed E-state index contributed by atoms with van der Waals surface area (Å²) in [5, 5.41) is 3.79. The molecule has 3 rings (SSSR count). The topological polar surface area (TPSA) is 15.3 Å². The van der Waals surface area contributed by atoms with E-state index in [1.165, 1.54) is 49.8 Å². The van der Waals surface area contributed by atoms with Gasteiger partial charge in [-0.25, -0.2) is 0 Å². The van der Waals surface area contributed by atoms with Crippen molar-refractivity contribution >= 4 is 5.69 Å². The smallest absolute Gasteiger partial charge is 0.0345 e. The Morgan fingerprint density at radius 2 is 1.95 bits per heavy atom. The second-order valence-corrected chi connectivity index (χ2v) is 7.04. The van der Waals surface area contributed by atoms with Gasteiger partial charge in [-0.1, -0.05) is 25.0 Å². The highest BCUT2D eigenvalue weighted by Gasteiger charge is 2.34. The van der Waals surface area contributed by atoms with E-state index >= 15 is 0 Å². The number of hydrogen-bond donors (Lipinski definition) is 1. The third kappa shape index (κ3) is 3.76. The molecule has 2 heteroatoms. The molecule has 2 fully saturated rings. The number of nitrogens with zero attached hydrogens (tertiary/aromatic N) is 1. The zero-order valence-corrected chi connectivity index (χ0v) is 12.9. The Labute approximate surface area is 123 Å². The van der Waals surface area contributed by atoms with Crippen LogP contribution in [0.4, 0.5) is 5.69 Å². The first-order valence-corrected chi connectivity index (χ1v) is 8.21. The Balaban J connectivity index is 1.58. The summed E-state index contributed by atoms with van der Waals surface area (Å²) < 4.78 is 0. The first-order chi connectivity index (χ1) is 9.70. The Bertz CT molecular complexity index is 437. The van der Waals surface area contributed by atoms with Gasteiger partial charge in [-0.3, -0.25) is 0 Å². The van der Waals surface area contributed by atoms with Gasteiger partial charge in [-0.2, -0.15) is 0 Å². The van der Waals surface area contributed by atoms with E-state index in [0.29, 0.717) is 6.04 Å². The minimum Gasteiger partial charge on any atom is -0.382 e. The molecule has 2 nitrogen and oxygen atoms in total. The SMILES string of the molecule is CN(C)Cc1cccc(NC2CCCC(C3CC3)C2)c1. The summed E-state index contributed by atoms with van der Waals surface area (Å²) in [7, 11) is 4.25. The zero-order valence-electron chi connectivity index (χ0n) is 12.9. The maximum atomic E-state index is 3.79. The van der Waals surface area contributed by atoms with Crippen LogP contribution in [-0.4, -0.2) is 25.0 Å². The number of nitrogens with one attached hydrogen (secondary N) is 1. The minimum atomic E-state index is 0.698. The molecule has 2 aliphatic rings. The molecule has 0 amide bonds. The normalized spacial score (nSPS) is 26.8. The molecule has 1 aromatic carbocycles. The Hall–Kier alpha value is -1.02. The van der Waals surface area contributed by atoms with Crippen LogP contribution in [0.25, 0.3) is 0 Å². The second kappa shape index (κ2) is 6.17. The molecule has 110 valence electrons. The maximum Gasteiger partial charge on any atom is 0.0345 e. The highest BCUT2D eigenvalue weighted by Crippen LogP contribution is 2.44. The summed E-state index contributed by atoms with van der Waals surface area (Å²) in [4.78, 5) is 2.23. The van der Waals surface area contributed by atoms with Gasteiger partial charge in [0.25, 0.3) is 0 Å². The van der Waals surface area contributed by atoms with Gasteiger partial charge < -0.3 is 10.2 Å². The van der Waals surface area contributed by atoms with E-state index in [2.05, 4.69) is 48.6 Å². The molecule has 1 aromatic rings. The summed E-state index contributed by atoms with van der Waals surface area (Å²) >= 11 is 0. The van der Waals surface area contributed by atoms with Crippen LogP contribution in [0.3, 0.4) is 0 Å². The summed E-state index contributed by atoms with van der Waals surface area (Å²) in [6, 6.07) is 9.64. The van der Waals surface area contributed by atoms with Crippen molar-refractivity contribution in [3.05, 3.63) is 29.8 Å². The molecule has 0 aliphatic heterocycles. The lowest BCUT2D eigenvalue weighted by atomic mass is 9.82. The molecule has 0 radical (unpaired) electrons. The number of benzene rings is 1. The third-order valence-corrected chi connectivity index (χ3v) is 4.80. The second-order valence-electron chi connectivity index (χ2n) is 7.04. The van der Waals surface area contributed by atoms with Crippen LogP contribution in [0.2, 0.25) is 0 Å². The molecule has 0 bridgehead atoms. The fourth-order valence-corrected chi connectivity index (χ4v) is 3.71. The fraction of sp³-hybridized carbons (Fsp3) is 0.667. The van der Waals surface area contributed by atoms with Crippen molar-refractivity contribution < 1.29 is 0 Å². The Morgan fingerprint density at radius 3 is 2.70 bits per heavy atom. The van der Waals surface area contributed by atoms with Gasteiger partial charge in [-0.05, 0) is 69.3 Å². The van der Waals surface area contributed by atoms with E-state index in [1.807, 2.05) is 0 Å². The van der Waals surface area contributed by atoms with Crippen molar-refractivity contribution in [2.75, 3.05) is 19.4 Å². The number of hydrogen-bond acceptors (Lipinski definition) is 2. The van der Waals surface area contributed by atoms with Gasteiger partial charge in [0.05, 0.1) is 0 Å². The van der Waals surface area contributed by atoms with Crippen LogP contribution < -0.4 is 5.32 Å². The van der Waals surface area contributed by atoms with Crippen molar-refractivity contribution in [3.8, 4) is 0 Å². The molecule has 1 N–H and O–H groups in total. The quantitative estimate of drug-likeness (QED) is 0.867. The molecule has 0 aromatic heterocycles. The lowest BCUT2D eigenvalue weighted by molar-refractivity contribution is 0.303. The minimum absolute atomic E-state index is 0.698. The summed E-state index contributed by atoms with van der Waals surface area (Å²) in [6.07, 6.45) is 8.62. The Kier molecular flexibility index (Phi) is 4.30. The van der Waals surface area contributed by atoms with Crippen LogP contribution in [0.5, 0.6) is 0 Å². The molecule has 2 unspecified atom stereocenters. The molecule has 2 aliphatic carbocycles. The van der Waals surface area contributed by atoms with E-state index in [1.54, 1.807) is 0 Å². The molecule has 0 spiro atoms. The van der Waals surface area contributed by atoms with Gasteiger partial charge in [0.2, 0.25) is 0 Å². The molecular weight excluding hydrogens is 244 g/mol. The van der Waals surface area contributed by atoms with E-state index < -0.39 is 0 Å². The summed E-state index contributed by atoms with van der Waals surface area (Å²) in [5.41, 5.74) is 2.71. The highest BCUT2D eigenvalue weighted by molar-refractivity contribution is 5.46. The van der Waals surface area contributed by atoms with Gasteiger partial charge in [-0.15, -0.1) is 0 Å². The fourth-order valence-electron chi connectivity index (χ4n) is 3.71. The van der Waals surface area contributed by atoms with Crippen molar-refractivity contribution in [2.45, 2.75) is 51.1 Å². The molecule has 2 saturated carbocycles. The van der Waals surface area contributed by atoms with Crippen LogP contribution >= 0.6 is 0 Å². The summed E-state index contributed by atoms with van der Waals surface area (Å²) in [6.45, 7) is 1.02. The molecule has 0 saturated heterocycles. The van der Waals surface area contributed by atoms with Crippen LogP contribution in [0.15, 0.2) is 24.3 Å². The molecule has 20 heavy (non-hydrogen) atoms. The predicted molar refractivity (Wildman–Crippen MR) is 85.9 cm³/mol. The van der Waals surface area contributed by atoms with Crippen molar-refractivity contribution in [1.29, 1.82) is 0 Å². The van der Waals surface area contributed by atoms with Crippen molar-refractivity contribution in [2.24, 2.45) is 11.8 Å². The van der Waals surface area contributed by atoms with Crippen LogP contribution in [-0.2, 0) is 6.54 Å². The largest absolute Gasteiger partial charge is 0.382 e. The average Bonchev–Trinajstić information content (AvgIpc) is 3.23. The number of rotatable bonds is 5. The first-order valence-electron chi connectivity index (χ1n) is 8.21. The van der Waals surface area contributed by atoms with E-state index in [0.717, 1.165) is 18.4 Å². The van der Waals surface area contributed by atoms with Crippen LogP contribution in [0, 0.1) is 11.8 Å². The number of anilines is 1. The van der Waals surface area contributed by atoms with E-state index in [9.17, 15) is 0 Å².